The van der Waals surface area contributed by atoms with Gasteiger partial charge in [-0.2, -0.15) is 11.3 Å². The lowest BCUT2D eigenvalue weighted by Crippen LogP contribution is -2.01. The molecule has 1 aromatic heterocycles. The molecule has 6 heteroatoms. The molecule has 0 unspecified atom stereocenters. The lowest BCUT2D eigenvalue weighted by atomic mass is 10.1. The standard InChI is InChI=1S/C17H13NO4S/c1-21-15-9-12(2-4-14(15)19)8-13-17(20)22-16(18-13)5-3-11-6-7-23-10-11/h2-10,19H,1H3/b5-3+,13-8-. The van der Waals surface area contributed by atoms with Crippen molar-refractivity contribution in [2.45, 2.75) is 0 Å². The molecule has 23 heavy (non-hydrogen) atoms. The first kappa shape index (κ1) is 15.1. The first-order valence-corrected chi connectivity index (χ1v) is 7.70. The molecule has 2 aromatic rings. The highest BCUT2D eigenvalue weighted by Crippen LogP contribution is 2.28. The van der Waals surface area contributed by atoms with Crippen molar-refractivity contribution in [3.63, 3.8) is 0 Å². The quantitative estimate of drug-likeness (QED) is 0.689. The van der Waals surface area contributed by atoms with E-state index in [9.17, 15) is 9.90 Å². The molecule has 0 saturated carbocycles. The predicted octanol–water partition coefficient (Wildman–Crippen LogP) is 3.47. The molecule has 1 aliphatic heterocycles. The predicted molar refractivity (Wildman–Crippen MR) is 89.5 cm³/mol. The molecule has 0 spiro atoms. The topological polar surface area (TPSA) is 68.1 Å². The number of hydrogen-bond donors (Lipinski definition) is 1. The summed E-state index contributed by atoms with van der Waals surface area (Å²) in [5, 5.41) is 13.5. The van der Waals surface area contributed by atoms with Crippen LogP contribution in [0.4, 0.5) is 0 Å². The van der Waals surface area contributed by atoms with Crippen LogP contribution in [0.5, 0.6) is 11.5 Å². The fraction of sp³-hybridized carbons (Fsp3) is 0.0588. The number of aromatic hydroxyl groups is 1. The number of phenols is 1. The lowest BCUT2D eigenvalue weighted by molar-refractivity contribution is -0.129. The van der Waals surface area contributed by atoms with Crippen molar-refractivity contribution in [3.05, 3.63) is 57.9 Å². The molecule has 0 atom stereocenters. The maximum absolute atomic E-state index is 11.9. The van der Waals surface area contributed by atoms with Crippen molar-refractivity contribution < 1.29 is 19.4 Å². The third-order valence-corrected chi connectivity index (χ3v) is 3.81. The highest BCUT2D eigenvalue weighted by Gasteiger charge is 2.21. The maximum atomic E-state index is 11.9. The zero-order chi connectivity index (χ0) is 16.2. The summed E-state index contributed by atoms with van der Waals surface area (Å²) in [6.07, 6.45) is 5.06. The number of hydrogen-bond acceptors (Lipinski definition) is 6. The summed E-state index contributed by atoms with van der Waals surface area (Å²) in [5.41, 5.74) is 1.90. The minimum Gasteiger partial charge on any atom is -0.504 e. The number of aliphatic imine (C=N–C) groups is 1. The summed E-state index contributed by atoms with van der Waals surface area (Å²) >= 11 is 1.59. The van der Waals surface area contributed by atoms with E-state index < -0.39 is 5.97 Å². The summed E-state index contributed by atoms with van der Waals surface area (Å²) in [6, 6.07) is 6.72. The normalized spacial score (nSPS) is 16.0. The van der Waals surface area contributed by atoms with Crippen LogP contribution in [0.25, 0.3) is 12.2 Å². The van der Waals surface area contributed by atoms with Gasteiger partial charge in [0.2, 0.25) is 5.90 Å². The number of carbonyl (C=O) groups is 1. The molecule has 0 amide bonds. The number of esters is 1. The van der Waals surface area contributed by atoms with Gasteiger partial charge in [-0.05, 0) is 52.2 Å². The molecule has 5 nitrogen and oxygen atoms in total. The number of ether oxygens (including phenoxy) is 2. The van der Waals surface area contributed by atoms with Gasteiger partial charge in [-0.25, -0.2) is 9.79 Å². The monoisotopic (exact) mass is 327 g/mol. The summed E-state index contributed by atoms with van der Waals surface area (Å²) in [7, 11) is 1.46. The summed E-state index contributed by atoms with van der Waals surface area (Å²) in [6.45, 7) is 0. The molecular weight excluding hydrogens is 314 g/mol. The Kier molecular flexibility index (Phi) is 4.25. The van der Waals surface area contributed by atoms with Crippen LogP contribution in [0.15, 0.2) is 51.8 Å². The molecule has 1 aromatic carbocycles. The molecular formula is C17H13NO4S. The van der Waals surface area contributed by atoms with Crippen molar-refractivity contribution in [1.29, 1.82) is 0 Å². The molecule has 0 bridgehead atoms. The fourth-order valence-electron chi connectivity index (χ4n) is 1.98. The highest BCUT2D eigenvalue weighted by atomic mass is 32.1. The third-order valence-electron chi connectivity index (χ3n) is 3.11. The van der Waals surface area contributed by atoms with Crippen LogP contribution in [-0.2, 0) is 9.53 Å². The van der Waals surface area contributed by atoms with Gasteiger partial charge in [-0.3, -0.25) is 0 Å². The van der Waals surface area contributed by atoms with Gasteiger partial charge in [-0.1, -0.05) is 6.07 Å². The van der Waals surface area contributed by atoms with Gasteiger partial charge in [-0.15, -0.1) is 0 Å². The summed E-state index contributed by atoms with van der Waals surface area (Å²) in [5.74, 6) is 0.0963. The number of phenolic OH excluding ortho intramolecular Hbond substituents is 1. The van der Waals surface area contributed by atoms with Crippen LogP contribution >= 0.6 is 11.3 Å². The van der Waals surface area contributed by atoms with Gasteiger partial charge in [0.15, 0.2) is 17.2 Å². The van der Waals surface area contributed by atoms with Crippen molar-refractivity contribution in [2.75, 3.05) is 7.11 Å². The number of nitrogens with zero attached hydrogens (tertiary/aromatic N) is 1. The van der Waals surface area contributed by atoms with Gasteiger partial charge in [0.1, 0.15) is 0 Å². The van der Waals surface area contributed by atoms with Gasteiger partial charge < -0.3 is 14.6 Å². The van der Waals surface area contributed by atoms with Crippen molar-refractivity contribution in [1.82, 2.24) is 0 Å². The fourth-order valence-corrected chi connectivity index (χ4v) is 2.60. The number of cyclic esters (lactones) is 1. The SMILES string of the molecule is COc1cc(/C=C2N=C(/C=C/c3ccsc3)OC\2=O)ccc1O. The van der Waals surface area contributed by atoms with E-state index in [1.54, 1.807) is 35.6 Å². The van der Waals surface area contributed by atoms with E-state index in [-0.39, 0.29) is 17.3 Å². The van der Waals surface area contributed by atoms with E-state index >= 15 is 0 Å². The lowest BCUT2D eigenvalue weighted by Gasteiger charge is -2.03. The number of methoxy groups -OCH3 is 1. The molecule has 1 aliphatic rings. The minimum absolute atomic E-state index is 0.0338. The Labute approximate surface area is 136 Å². The summed E-state index contributed by atoms with van der Waals surface area (Å²) < 4.78 is 10.1. The largest absolute Gasteiger partial charge is 0.504 e. The van der Waals surface area contributed by atoms with Crippen molar-refractivity contribution >= 4 is 35.4 Å². The van der Waals surface area contributed by atoms with E-state index in [0.29, 0.717) is 11.3 Å². The number of thiophene rings is 1. The minimum atomic E-state index is -0.512. The average Bonchev–Trinajstić information content (AvgIpc) is 3.17. The average molecular weight is 327 g/mol. The van der Waals surface area contributed by atoms with Gasteiger partial charge in [0.25, 0.3) is 0 Å². The second-order valence-corrected chi connectivity index (χ2v) is 5.47. The van der Waals surface area contributed by atoms with Crippen LogP contribution < -0.4 is 4.74 Å². The Morgan fingerprint density at radius 1 is 1.26 bits per heavy atom. The third kappa shape index (κ3) is 3.49. The molecule has 1 N–H and O–H groups in total. The molecule has 0 radical (unpaired) electrons. The number of carbonyl (C=O) groups excluding carboxylic acids is 1. The van der Waals surface area contributed by atoms with E-state index in [2.05, 4.69) is 4.99 Å². The van der Waals surface area contributed by atoms with E-state index in [0.717, 1.165) is 5.56 Å². The van der Waals surface area contributed by atoms with Crippen molar-refractivity contribution in [3.8, 4) is 11.5 Å². The molecule has 0 fully saturated rings. The second-order valence-electron chi connectivity index (χ2n) is 4.69. The Hall–Kier alpha value is -2.86. The Balaban J connectivity index is 1.83. The molecule has 3 rings (SSSR count). The van der Waals surface area contributed by atoms with Crippen LogP contribution in [0.2, 0.25) is 0 Å². The van der Waals surface area contributed by atoms with Gasteiger partial charge in [0, 0.05) is 6.08 Å². The van der Waals surface area contributed by atoms with Crippen LogP contribution in [-0.4, -0.2) is 24.1 Å². The Morgan fingerprint density at radius 3 is 2.87 bits per heavy atom. The van der Waals surface area contributed by atoms with Crippen molar-refractivity contribution in [2.24, 2.45) is 4.99 Å². The highest BCUT2D eigenvalue weighted by molar-refractivity contribution is 7.08. The molecule has 0 aliphatic carbocycles. The Bertz CT molecular complexity index is 819. The summed E-state index contributed by atoms with van der Waals surface area (Å²) in [4.78, 5) is 16.0. The molecule has 116 valence electrons. The zero-order valence-electron chi connectivity index (χ0n) is 12.2. The van der Waals surface area contributed by atoms with E-state index in [1.165, 1.54) is 13.2 Å². The van der Waals surface area contributed by atoms with Crippen LogP contribution in [0.3, 0.4) is 0 Å². The first-order chi connectivity index (χ1) is 11.2. The second kappa shape index (κ2) is 6.50. The van der Waals surface area contributed by atoms with Gasteiger partial charge in [0.05, 0.1) is 7.11 Å². The zero-order valence-corrected chi connectivity index (χ0v) is 13.0. The number of benzene rings is 1. The van der Waals surface area contributed by atoms with Gasteiger partial charge >= 0.3 is 5.97 Å². The van der Waals surface area contributed by atoms with E-state index in [4.69, 9.17) is 9.47 Å². The van der Waals surface area contributed by atoms with Crippen LogP contribution in [0.1, 0.15) is 11.1 Å². The molecule has 0 saturated heterocycles. The molecule has 2 heterocycles. The maximum Gasteiger partial charge on any atom is 0.363 e. The Morgan fingerprint density at radius 2 is 2.13 bits per heavy atom. The van der Waals surface area contributed by atoms with Crippen LogP contribution in [0, 0.1) is 0 Å². The smallest absolute Gasteiger partial charge is 0.363 e. The number of rotatable bonds is 4. The van der Waals surface area contributed by atoms with E-state index in [1.807, 2.05) is 22.9 Å². The first-order valence-electron chi connectivity index (χ1n) is 6.75.